The molecule has 0 saturated heterocycles. The van der Waals surface area contributed by atoms with Crippen LogP contribution in [-0.2, 0) is 20.0 Å². The van der Waals surface area contributed by atoms with Gasteiger partial charge in [-0.05, 0) is 13.0 Å². The Morgan fingerprint density at radius 2 is 2.00 bits per heavy atom. The second kappa shape index (κ2) is 7.50. The molecule has 0 amide bonds. The highest BCUT2D eigenvalue weighted by Gasteiger charge is 2.14. The molecular formula is C17H20ClN5O2. The maximum atomic E-state index is 5.41. The average molecular weight is 362 g/mol. The Morgan fingerprint density at radius 1 is 1.20 bits per heavy atom. The molecule has 0 spiro atoms. The molecule has 0 aliphatic carbocycles. The van der Waals surface area contributed by atoms with E-state index in [2.05, 4.69) is 36.4 Å². The number of para-hydroxylation sites is 1. The fourth-order valence-corrected chi connectivity index (χ4v) is 2.84. The van der Waals surface area contributed by atoms with Crippen molar-refractivity contribution in [2.45, 2.75) is 19.9 Å². The van der Waals surface area contributed by atoms with E-state index in [1.54, 1.807) is 6.20 Å². The van der Waals surface area contributed by atoms with Gasteiger partial charge in [-0.25, -0.2) is 4.98 Å². The molecule has 8 heteroatoms. The van der Waals surface area contributed by atoms with Crippen LogP contribution in [0.15, 0.2) is 47.4 Å². The van der Waals surface area contributed by atoms with Gasteiger partial charge < -0.3 is 19.1 Å². The van der Waals surface area contributed by atoms with E-state index in [0.29, 0.717) is 18.1 Å². The van der Waals surface area contributed by atoms with Crippen LogP contribution in [0, 0.1) is 6.92 Å². The number of aromatic nitrogens is 5. The number of halogens is 1. The Kier molecular flexibility index (Phi) is 5.61. The van der Waals surface area contributed by atoms with Gasteiger partial charge in [0.05, 0.1) is 0 Å². The highest BCUT2D eigenvalue weighted by molar-refractivity contribution is 5.94. The summed E-state index contributed by atoms with van der Waals surface area (Å²) < 4.78 is 9.56. The van der Waals surface area contributed by atoms with Crippen molar-refractivity contribution < 1.29 is 10.00 Å². The van der Waals surface area contributed by atoms with Gasteiger partial charge in [-0.3, -0.25) is 0 Å². The maximum absolute atomic E-state index is 5.41. The second-order valence-corrected chi connectivity index (χ2v) is 5.60. The molecule has 4 rings (SSSR count). The van der Waals surface area contributed by atoms with E-state index in [1.165, 1.54) is 0 Å². The van der Waals surface area contributed by atoms with Crippen molar-refractivity contribution in [3.8, 4) is 11.4 Å². The lowest BCUT2D eigenvalue weighted by atomic mass is 10.2. The number of nitrogens with zero attached hydrogens (tertiary/aromatic N) is 5. The Morgan fingerprint density at radius 3 is 2.76 bits per heavy atom. The highest BCUT2D eigenvalue weighted by atomic mass is 35.5. The van der Waals surface area contributed by atoms with Crippen LogP contribution in [0.25, 0.3) is 22.3 Å². The first-order valence-electron chi connectivity index (χ1n) is 7.57. The van der Waals surface area contributed by atoms with E-state index in [9.17, 15) is 0 Å². The van der Waals surface area contributed by atoms with E-state index in [0.717, 1.165) is 28.8 Å². The largest absolute Gasteiger partial charge is 0.412 e. The van der Waals surface area contributed by atoms with Gasteiger partial charge in [0.2, 0.25) is 11.7 Å². The Hall–Kier alpha value is -2.64. The molecule has 0 aliphatic rings. The zero-order valence-electron chi connectivity index (χ0n) is 14.0. The topological polar surface area (TPSA) is 93.2 Å². The van der Waals surface area contributed by atoms with Crippen LogP contribution in [0.2, 0.25) is 0 Å². The molecule has 0 fully saturated rings. The van der Waals surface area contributed by atoms with Crippen LogP contribution in [0.3, 0.4) is 0 Å². The Balaban J connectivity index is 0.00000113. The molecule has 0 aliphatic heterocycles. The van der Waals surface area contributed by atoms with Crippen LogP contribution in [0.4, 0.5) is 0 Å². The molecule has 0 radical (unpaired) electrons. The number of hydrogen-bond acceptors (Lipinski definition) is 4. The first-order chi connectivity index (χ1) is 11.2. The predicted molar refractivity (Wildman–Crippen MR) is 97.7 cm³/mol. The van der Waals surface area contributed by atoms with Crippen molar-refractivity contribution in [1.29, 1.82) is 0 Å². The number of rotatable bonds is 4. The molecule has 1 aromatic carbocycles. The zero-order chi connectivity index (χ0) is 15.8. The normalized spacial score (nSPS) is 10.5. The minimum atomic E-state index is 0. The smallest absolute Gasteiger partial charge is 0.228 e. The minimum Gasteiger partial charge on any atom is -0.412 e. The summed E-state index contributed by atoms with van der Waals surface area (Å²) in [5.74, 6) is 2.26. The lowest BCUT2D eigenvalue weighted by Gasteiger charge is -2.00. The molecule has 3 heterocycles. The molecule has 0 bridgehead atoms. The monoisotopic (exact) mass is 361 g/mol. The summed E-state index contributed by atoms with van der Waals surface area (Å²) >= 11 is 0. The molecule has 3 aromatic heterocycles. The summed E-state index contributed by atoms with van der Waals surface area (Å²) in [5, 5.41) is 5.28. The van der Waals surface area contributed by atoms with Crippen LogP contribution in [-0.4, -0.2) is 29.7 Å². The fraction of sp³-hybridized carbons (Fsp3) is 0.235. The zero-order valence-corrected chi connectivity index (χ0v) is 14.8. The third-order valence-corrected chi connectivity index (χ3v) is 4.10. The van der Waals surface area contributed by atoms with Crippen molar-refractivity contribution in [3.63, 3.8) is 0 Å². The summed E-state index contributed by atoms with van der Waals surface area (Å²) in [4.78, 5) is 8.76. The molecule has 0 saturated carbocycles. The van der Waals surface area contributed by atoms with Crippen molar-refractivity contribution in [1.82, 2.24) is 24.3 Å². The van der Waals surface area contributed by atoms with E-state index < -0.39 is 0 Å². The summed E-state index contributed by atoms with van der Waals surface area (Å²) in [5.41, 5.74) is 2.15. The lowest BCUT2D eigenvalue weighted by molar-refractivity contribution is 0.371. The van der Waals surface area contributed by atoms with Crippen molar-refractivity contribution in [3.05, 3.63) is 54.6 Å². The predicted octanol–water partition coefficient (Wildman–Crippen LogP) is 2.57. The molecule has 25 heavy (non-hydrogen) atoms. The summed E-state index contributed by atoms with van der Waals surface area (Å²) in [6.45, 7) is 2.76. The van der Waals surface area contributed by atoms with Crippen LogP contribution in [0.5, 0.6) is 0 Å². The van der Waals surface area contributed by atoms with Crippen LogP contribution >= 0.6 is 12.4 Å². The molecule has 0 unspecified atom stereocenters. The van der Waals surface area contributed by atoms with Gasteiger partial charge in [-0.2, -0.15) is 4.98 Å². The molecule has 0 atom stereocenters. The molecule has 132 valence electrons. The van der Waals surface area contributed by atoms with E-state index >= 15 is 0 Å². The van der Waals surface area contributed by atoms with Gasteiger partial charge in [-0.1, -0.05) is 23.4 Å². The van der Waals surface area contributed by atoms with Crippen molar-refractivity contribution in [2.24, 2.45) is 7.05 Å². The number of benzene rings is 1. The number of fused-ring (bicyclic) bond motifs is 1. The third-order valence-electron chi connectivity index (χ3n) is 4.10. The van der Waals surface area contributed by atoms with Crippen molar-refractivity contribution in [2.75, 3.05) is 0 Å². The van der Waals surface area contributed by atoms with Crippen LogP contribution < -0.4 is 0 Å². The SMILES string of the molecule is Cc1nccn1CCc1nc(-c2cn(C)c3ccccc23)no1.Cl.O. The van der Waals surface area contributed by atoms with E-state index in [-0.39, 0.29) is 17.9 Å². The fourth-order valence-electron chi connectivity index (χ4n) is 2.84. The average Bonchev–Trinajstić information content (AvgIpc) is 3.26. The molecular weight excluding hydrogens is 342 g/mol. The summed E-state index contributed by atoms with van der Waals surface area (Å²) in [6.07, 6.45) is 6.48. The van der Waals surface area contributed by atoms with Gasteiger partial charge in [0.15, 0.2) is 0 Å². The van der Waals surface area contributed by atoms with Gasteiger partial charge >= 0.3 is 0 Å². The van der Waals surface area contributed by atoms with E-state index in [1.807, 2.05) is 38.5 Å². The number of aryl methyl sites for hydroxylation is 4. The van der Waals surface area contributed by atoms with Crippen LogP contribution in [0.1, 0.15) is 11.7 Å². The molecule has 2 N–H and O–H groups in total. The van der Waals surface area contributed by atoms with E-state index in [4.69, 9.17) is 4.52 Å². The van der Waals surface area contributed by atoms with Crippen molar-refractivity contribution >= 4 is 23.3 Å². The quantitative estimate of drug-likeness (QED) is 0.558. The minimum absolute atomic E-state index is 0. The molecule has 4 aromatic rings. The molecule has 7 nitrogen and oxygen atoms in total. The number of hydrogen-bond donors (Lipinski definition) is 0. The van der Waals surface area contributed by atoms with Gasteiger partial charge in [0.25, 0.3) is 0 Å². The Bertz CT molecular complexity index is 972. The maximum Gasteiger partial charge on any atom is 0.228 e. The third kappa shape index (κ3) is 3.42. The van der Waals surface area contributed by atoms with Gasteiger partial charge in [-0.15, -0.1) is 12.4 Å². The second-order valence-electron chi connectivity index (χ2n) is 5.60. The first kappa shape index (κ1) is 18.7. The number of imidazole rings is 1. The summed E-state index contributed by atoms with van der Waals surface area (Å²) in [6, 6.07) is 8.22. The standard InChI is InChI=1S/C17H17N5O.ClH.H2O/c1-12-18-8-10-22(12)9-7-16-19-17(20-23-16)14-11-21(2)15-6-4-3-5-13(14)15;;/h3-6,8,10-11H,7,9H2,1-2H3;1H;1H2. The Labute approximate surface area is 151 Å². The first-order valence-corrected chi connectivity index (χ1v) is 7.57. The van der Waals surface area contributed by atoms with Gasteiger partial charge in [0, 0.05) is 55.1 Å². The van der Waals surface area contributed by atoms with Gasteiger partial charge in [0.1, 0.15) is 5.82 Å². The highest BCUT2D eigenvalue weighted by Crippen LogP contribution is 2.28. The lowest BCUT2D eigenvalue weighted by Crippen LogP contribution is -2.02. The summed E-state index contributed by atoms with van der Waals surface area (Å²) in [7, 11) is 2.02.